The van der Waals surface area contributed by atoms with Crippen LogP contribution in [0.5, 0.6) is 0 Å². The van der Waals surface area contributed by atoms with Crippen molar-refractivity contribution in [1.29, 1.82) is 0 Å². The van der Waals surface area contributed by atoms with Crippen LogP contribution >= 0.6 is 0 Å². The van der Waals surface area contributed by atoms with Gasteiger partial charge in [-0.2, -0.15) is 0 Å². The Hall–Kier alpha value is -0.0800. The quantitative estimate of drug-likeness (QED) is 0.687. The molecule has 0 saturated heterocycles. The first-order valence-electron chi connectivity index (χ1n) is 6.91. The van der Waals surface area contributed by atoms with Gasteiger partial charge in [-0.1, -0.05) is 33.1 Å². The number of hydrogen-bond donors (Lipinski definition) is 1. The molecule has 16 heavy (non-hydrogen) atoms. The number of nitrogens with one attached hydrogen (secondary N) is 1. The zero-order valence-corrected chi connectivity index (χ0v) is 11.5. The molecular weight excluding hydrogens is 198 g/mol. The normalized spacial score (nSPS) is 20.8. The molecule has 1 aliphatic rings. The van der Waals surface area contributed by atoms with E-state index in [1.807, 2.05) is 0 Å². The molecule has 0 aromatic heterocycles. The Bertz CT molecular complexity index is 178. The van der Waals surface area contributed by atoms with Crippen LogP contribution in [0.4, 0.5) is 0 Å². The first-order valence-corrected chi connectivity index (χ1v) is 6.91. The molecule has 0 aromatic carbocycles. The Morgan fingerprint density at radius 3 is 2.25 bits per heavy atom. The van der Waals surface area contributed by atoms with Gasteiger partial charge in [0.25, 0.3) is 0 Å². The number of hydrogen-bond acceptors (Lipinski definition) is 2. The Morgan fingerprint density at radius 1 is 1.06 bits per heavy atom. The molecule has 0 amide bonds. The number of ether oxygens (including phenoxy) is 1. The van der Waals surface area contributed by atoms with Gasteiger partial charge in [0.15, 0.2) is 0 Å². The third kappa shape index (κ3) is 5.86. The van der Waals surface area contributed by atoms with E-state index in [0.29, 0.717) is 18.0 Å². The van der Waals surface area contributed by atoms with Crippen molar-refractivity contribution in [2.24, 2.45) is 11.8 Å². The fourth-order valence-corrected chi connectivity index (χ4v) is 2.31. The van der Waals surface area contributed by atoms with Crippen molar-refractivity contribution >= 4 is 0 Å². The SMILES string of the molecule is CC(C)COCC(C)NC(C)CC1CCC1. The molecule has 0 heterocycles. The van der Waals surface area contributed by atoms with Gasteiger partial charge in [-0.15, -0.1) is 0 Å². The average molecular weight is 227 g/mol. The third-order valence-electron chi connectivity index (χ3n) is 3.30. The maximum Gasteiger partial charge on any atom is 0.0617 e. The molecule has 1 N–H and O–H groups in total. The Balaban J connectivity index is 2.00. The molecule has 0 aromatic rings. The summed E-state index contributed by atoms with van der Waals surface area (Å²) in [7, 11) is 0. The summed E-state index contributed by atoms with van der Waals surface area (Å²) in [6.07, 6.45) is 5.69. The van der Waals surface area contributed by atoms with E-state index in [9.17, 15) is 0 Å². The molecule has 2 nitrogen and oxygen atoms in total. The lowest BCUT2D eigenvalue weighted by Gasteiger charge is -2.30. The second-order valence-electron chi connectivity index (χ2n) is 5.93. The van der Waals surface area contributed by atoms with E-state index >= 15 is 0 Å². The van der Waals surface area contributed by atoms with Gasteiger partial charge in [0.1, 0.15) is 0 Å². The van der Waals surface area contributed by atoms with Gasteiger partial charge in [-0.3, -0.25) is 0 Å². The van der Waals surface area contributed by atoms with Crippen LogP contribution in [0, 0.1) is 11.8 Å². The molecule has 1 rings (SSSR count). The van der Waals surface area contributed by atoms with E-state index in [0.717, 1.165) is 19.1 Å². The highest BCUT2D eigenvalue weighted by molar-refractivity contribution is 4.76. The minimum atomic E-state index is 0.480. The molecule has 1 aliphatic carbocycles. The molecule has 2 unspecified atom stereocenters. The van der Waals surface area contributed by atoms with E-state index in [1.165, 1.54) is 25.7 Å². The highest BCUT2D eigenvalue weighted by atomic mass is 16.5. The summed E-state index contributed by atoms with van der Waals surface area (Å²) >= 11 is 0. The fourth-order valence-electron chi connectivity index (χ4n) is 2.31. The first kappa shape index (κ1) is 14.0. The molecule has 0 spiro atoms. The zero-order valence-electron chi connectivity index (χ0n) is 11.5. The van der Waals surface area contributed by atoms with E-state index in [2.05, 4.69) is 33.0 Å². The first-order chi connectivity index (χ1) is 7.58. The molecule has 2 heteroatoms. The number of rotatable bonds is 8. The van der Waals surface area contributed by atoms with Crippen LogP contribution in [0.25, 0.3) is 0 Å². The van der Waals surface area contributed by atoms with E-state index < -0.39 is 0 Å². The Kier molecular flexibility index (Phi) is 6.37. The predicted molar refractivity (Wildman–Crippen MR) is 69.7 cm³/mol. The average Bonchev–Trinajstić information content (AvgIpc) is 2.10. The molecule has 1 fully saturated rings. The minimum absolute atomic E-state index is 0.480. The summed E-state index contributed by atoms with van der Waals surface area (Å²) in [6, 6.07) is 1.12. The molecule has 2 atom stereocenters. The summed E-state index contributed by atoms with van der Waals surface area (Å²) in [5.41, 5.74) is 0. The van der Waals surface area contributed by atoms with Gasteiger partial charge in [0.2, 0.25) is 0 Å². The van der Waals surface area contributed by atoms with Crippen molar-refractivity contribution in [3.63, 3.8) is 0 Å². The lowest BCUT2D eigenvalue weighted by Crippen LogP contribution is -2.39. The van der Waals surface area contributed by atoms with Crippen LogP contribution in [0.15, 0.2) is 0 Å². The summed E-state index contributed by atoms with van der Waals surface area (Å²) < 4.78 is 5.64. The standard InChI is InChI=1S/C14H29NO/c1-11(2)9-16-10-13(4)15-12(3)8-14-6-5-7-14/h11-15H,5-10H2,1-4H3. The van der Waals surface area contributed by atoms with Gasteiger partial charge in [-0.05, 0) is 32.1 Å². The lowest BCUT2D eigenvalue weighted by atomic mass is 9.81. The third-order valence-corrected chi connectivity index (χ3v) is 3.30. The van der Waals surface area contributed by atoms with Gasteiger partial charge in [0.05, 0.1) is 6.61 Å². The van der Waals surface area contributed by atoms with E-state index in [4.69, 9.17) is 4.74 Å². The highest BCUT2D eigenvalue weighted by Crippen LogP contribution is 2.30. The van der Waals surface area contributed by atoms with Gasteiger partial charge in [-0.25, -0.2) is 0 Å². The van der Waals surface area contributed by atoms with Crippen LogP contribution in [0.3, 0.4) is 0 Å². The maximum absolute atomic E-state index is 5.64. The van der Waals surface area contributed by atoms with Crippen molar-refractivity contribution in [2.75, 3.05) is 13.2 Å². The molecular formula is C14H29NO. The molecule has 0 bridgehead atoms. The second kappa shape index (κ2) is 7.29. The Morgan fingerprint density at radius 2 is 1.75 bits per heavy atom. The van der Waals surface area contributed by atoms with Crippen molar-refractivity contribution in [2.45, 2.75) is 65.5 Å². The van der Waals surface area contributed by atoms with Gasteiger partial charge >= 0.3 is 0 Å². The topological polar surface area (TPSA) is 21.3 Å². The Labute approximate surface area is 101 Å². The largest absolute Gasteiger partial charge is 0.380 e. The maximum atomic E-state index is 5.64. The smallest absolute Gasteiger partial charge is 0.0617 e. The molecule has 0 aliphatic heterocycles. The highest BCUT2D eigenvalue weighted by Gasteiger charge is 2.20. The van der Waals surface area contributed by atoms with Crippen molar-refractivity contribution in [1.82, 2.24) is 5.32 Å². The van der Waals surface area contributed by atoms with Crippen molar-refractivity contribution in [3.8, 4) is 0 Å². The molecule has 1 saturated carbocycles. The summed E-state index contributed by atoms with van der Waals surface area (Å²) in [6.45, 7) is 10.6. The van der Waals surface area contributed by atoms with E-state index in [-0.39, 0.29) is 0 Å². The van der Waals surface area contributed by atoms with Crippen LogP contribution in [0.1, 0.15) is 53.4 Å². The summed E-state index contributed by atoms with van der Waals surface area (Å²) in [5, 5.41) is 3.63. The van der Waals surface area contributed by atoms with Crippen LogP contribution < -0.4 is 5.32 Å². The lowest BCUT2D eigenvalue weighted by molar-refractivity contribution is 0.0898. The summed E-state index contributed by atoms with van der Waals surface area (Å²) in [4.78, 5) is 0. The molecule has 96 valence electrons. The van der Waals surface area contributed by atoms with Gasteiger partial charge in [0, 0.05) is 18.7 Å². The van der Waals surface area contributed by atoms with E-state index in [1.54, 1.807) is 0 Å². The van der Waals surface area contributed by atoms with Crippen LogP contribution in [-0.4, -0.2) is 25.3 Å². The zero-order chi connectivity index (χ0) is 12.0. The molecule has 0 radical (unpaired) electrons. The monoisotopic (exact) mass is 227 g/mol. The second-order valence-corrected chi connectivity index (χ2v) is 5.93. The van der Waals surface area contributed by atoms with Crippen LogP contribution in [0.2, 0.25) is 0 Å². The van der Waals surface area contributed by atoms with Crippen LogP contribution in [-0.2, 0) is 4.74 Å². The summed E-state index contributed by atoms with van der Waals surface area (Å²) in [5.74, 6) is 1.63. The van der Waals surface area contributed by atoms with Gasteiger partial charge < -0.3 is 10.1 Å². The predicted octanol–water partition coefficient (Wildman–Crippen LogP) is 3.22. The van der Waals surface area contributed by atoms with Crippen molar-refractivity contribution < 1.29 is 4.74 Å². The minimum Gasteiger partial charge on any atom is -0.380 e. The fraction of sp³-hybridized carbons (Fsp3) is 1.00. The van der Waals surface area contributed by atoms with Crippen molar-refractivity contribution in [3.05, 3.63) is 0 Å².